The molecule has 4 rings (SSSR count). The summed E-state index contributed by atoms with van der Waals surface area (Å²) in [5, 5.41) is 15.9. The molecular weight excluding hydrogens is 416 g/mol. The Hall–Kier alpha value is -4.08. The molecule has 1 saturated heterocycles. The second-order valence-corrected chi connectivity index (χ2v) is 7.40. The van der Waals surface area contributed by atoms with Gasteiger partial charge >= 0.3 is 5.97 Å². The zero-order chi connectivity index (χ0) is 22.5. The van der Waals surface area contributed by atoms with Crippen LogP contribution in [0.5, 0.6) is 5.75 Å². The molecule has 2 aromatic heterocycles. The number of likely N-dealkylation sites (tertiary alicyclic amines) is 1. The monoisotopic (exact) mass is 438 g/mol. The van der Waals surface area contributed by atoms with Crippen molar-refractivity contribution in [1.29, 1.82) is 0 Å². The van der Waals surface area contributed by atoms with E-state index in [1.54, 1.807) is 46.0 Å². The summed E-state index contributed by atoms with van der Waals surface area (Å²) in [6.07, 6.45) is 5.81. The van der Waals surface area contributed by atoms with Crippen LogP contribution < -0.4 is 10.1 Å². The highest BCUT2D eigenvalue weighted by atomic mass is 16.5. The topological polar surface area (TPSA) is 127 Å². The van der Waals surface area contributed by atoms with Crippen LogP contribution in [0.15, 0.2) is 59.5 Å². The van der Waals surface area contributed by atoms with Gasteiger partial charge in [-0.3, -0.25) is 14.3 Å². The number of amides is 2. The maximum Gasteiger partial charge on any atom is 0.338 e. The summed E-state index contributed by atoms with van der Waals surface area (Å²) in [6, 6.07) is 9.86. The highest BCUT2D eigenvalue weighted by molar-refractivity contribution is 6.02. The lowest BCUT2D eigenvalue weighted by Gasteiger charge is -2.32. The van der Waals surface area contributed by atoms with E-state index in [0.717, 1.165) is 12.8 Å². The van der Waals surface area contributed by atoms with Crippen molar-refractivity contribution in [2.24, 2.45) is 0 Å². The van der Waals surface area contributed by atoms with Gasteiger partial charge in [0.25, 0.3) is 11.8 Å². The van der Waals surface area contributed by atoms with Gasteiger partial charge < -0.3 is 24.5 Å². The number of anilines is 1. The number of piperidine rings is 1. The van der Waals surface area contributed by atoms with Crippen LogP contribution in [0.3, 0.4) is 0 Å². The predicted octanol–water partition coefficient (Wildman–Crippen LogP) is 2.67. The van der Waals surface area contributed by atoms with Gasteiger partial charge in [0, 0.05) is 31.0 Å². The number of hydrogen-bond acceptors (Lipinski definition) is 6. The summed E-state index contributed by atoms with van der Waals surface area (Å²) >= 11 is 0. The van der Waals surface area contributed by atoms with Gasteiger partial charge in [-0.2, -0.15) is 5.10 Å². The van der Waals surface area contributed by atoms with Crippen LogP contribution in [0.25, 0.3) is 0 Å². The molecule has 3 heterocycles. The fourth-order valence-corrected chi connectivity index (χ4v) is 3.55. The molecule has 3 aromatic rings. The number of nitrogens with one attached hydrogen (secondary N) is 1. The molecule has 0 saturated carbocycles. The minimum Gasteiger partial charge on any atom is -0.484 e. The molecule has 2 N–H and O–H groups in total. The molecule has 0 spiro atoms. The molecule has 1 aromatic carbocycles. The van der Waals surface area contributed by atoms with Crippen LogP contribution in [0, 0.1) is 0 Å². The molecule has 10 nitrogen and oxygen atoms in total. The van der Waals surface area contributed by atoms with Gasteiger partial charge in [0.15, 0.2) is 12.4 Å². The van der Waals surface area contributed by atoms with E-state index in [1.165, 1.54) is 18.7 Å². The number of furan rings is 1. The zero-order valence-corrected chi connectivity index (χ0v) is 17.1. The van der Waals surface area contributed by atoms with Crippen LogP contribution in [0.2, 0.25) is 0 Å². The van der Waals surface area contributed by atoms with Gasteiger partial charge in [-0.05, 0) is 37.1 Å². The number of ether oxygens (including phenoxy) is 1. The van der Waals surface area contributed by atoms with Crippen molar-refractivity contribution in [1.82, 2.24) is 14.7 Å². The van der Waals surface area contributed by atoms with Gasteiger partial charge in [-0.15, -0.1) is 0 Å². The number of aromatic nitrogens is 2. The lowest BCUT2D eigenvalue weighted by Crippen LogP contribution is -2.43. The number of carboxylic acid groups (broad SMARTS) is 1. The molecule has 1 aliphatic heterocycles. The van der Waals surface area contributed by atoms with Crippen LogP contribution in [0.4, 0.5) is 5.69 Å². The Kier molecular flexibility index (Phi) is 6.20. The van der Waals surface area contributed by atoms with E-state index in [4.69, 9.17) is 14.3 Å². The van der Waals surface area contributed by atoms with E-state index in [0.29, 0.717) is 24.5 Å². The van der Waals surface area contributed by atoms with Crippen LogP contribution in [0.1, 0.15) is 39.8 Å². The highest BCUT2D eigenvalue weighted by Gasteiger charge is 2.26. The molecular formula is C22H22N4O6. The summed E-state index contributed by atoms with van der Waals surface area (Å²) in [7, 11) is 0. The molecule has 1 atom stereocenters. The predicted molar refractivity (Wildman–Crippen MR) is 113 cm³/mol. The van der Waals surface area contributed by atoms with Crippen molar-refractivity contribution in [3.8, 4) is 5.75 Å². The molecule has 0 radical (unpaired) electrons. The molecule has 0 unspecified atom stereocenters. The van der Waals surface area contributed by atoms with Crippen molar-refractivity contribution >= 4 is 23.5 Å². The Morgan fingerprint density at radius 2 is 2.12 bits per heavy atom. The van der Waals surface area contributed by atoms with Crippen molar-refractivity contribution in [2.75, 3.05) is 25.0 Å². The molecule has 1 fully saturated rings. The number of carbonyl (C=O) groups is 3. The Balaban J connectivity index is 1.32. The van der Waals surface area contributed by atoms with Gasteiger partial charge in [0.05, 0.1) is 24.1 Å². The highest BCUT2D eigenvalue weighted by Crippen LogP contribution is 2.22. The number of carboxylic acids is 1. The van der Waals surface area contributed by atoms with Crippen LogP contribution in [-0.2, 0) is 4.79 Å². The van der Waals surface area contributed by atoms with Crippen LogP contribution >= 0.6 is 0 Å². The fraction of sp³-hybridized carbons (Fsp3) is 0.273. The number of nitrogens with zero attached hydrogens (tertiary/aromatic N) is 3. The Bertz CT molecular complexity index is 1110. The lowest BCUT2D eigenvalue weighted by molar-refractivity contribution is -0.135. The number of benzene rings is 1. The maximum absolute atomic E-state index is 12.7. The lowest BCUT2D eigenvalue weighted by atomic mass is 10.1. The third kappa shape index (κ3) is 4.97. The van der Waals surface area contributed by atoms with Crippen molar-refractivity contribution in [2.45, 2.75) is 18.9 Å². The zero-order valence-electron chi connectivity index (χ0n) is 17.1. The van der Waals surface area contributed by atoms with E-state index >= 15 is 0 Å². The van der Waals surface area contributed by atoms with Crippen molar-refractivity contribution < 1.29 is 28.6 Å². The first kappa shape index (κ1) is 21.2. The molecule has 0 aliphatic carbocycles. The minimum atomic E-state index is -1.03. The average Bonchev–Trinajstić information content (AvgIpc) is 3.50. The summed E-state index contributed by atoms with van der Waals surface area (Å²) in [4.78, 5) is 37.5. The third-order valence-electron chi connectivity index (χ3n) is 5.17. The summed E-state index contributed by atoms with van der Waals surface area (Å²) in [5.41, 5.74) is 0.637. The third-order valence-corrected chi connectivity index (χ3v) is 5.17. The SMILES string of the molecule is O=C(O)c1cnn([C@@H]2CCCN(C(=O)COc3cccc(NC(=O)c4ccco4)c3)C2)c1. The average molecular weight is 438 g/mol. The standard InChI is InChI=1S/C22H22N4O6/c27-20(25-8-2-5-17(13-25)26-12-15(11-23-26)22(29)30)14-32-18-6-1-4-16(10-18)24-21(28)19-7-3-9-31-19/h1,3-4,6-7,9-12,17H,2,5,8,13-14H2,(H,24,28)(H,29,30)/t17-/m1/s1. The molecule has 1 aliphatic rings. The van der Waals surface area contributed by atoms with Gasteiger partial charge in [-0.1, -0.05) is 6.07 Å². The molecule has 2 amide bonds. The molecule has 32 heavy (non-hydrogen) atoms. The van der Waals surface area contributed by atoms with E-state index in [2.05, 4.69) is 10.4 Å². The molecule has 166 valence electrons. The first-order chi connectivity index (χ1) is 15.5. The van der Waals surface area contributed by atoms with Crippen molar-refractivity contribution in [3.63, 3.8) is 0 Å². The van der Waals surface area contributed by atoms with E-state index < -0.39 is 5.97 Å². The van der Waals surface area contributed by atoms with E-state index in [-0.39, 0.29) is 35.8 Å². The largest absolute Gasteiger partial charge is 0.484 e. The Morgan fingerprint density at radius 1 is 1.25 bits per heavy atom. The summed E-state index contributed by atoms with van der Waals surface area (Å²) in [5.74, 6) is -0.949. The minimum absolute atomic E-state index is 0.0825. The smallest absolute Gasteiger partial charge is 0.338 e. The second kappa shape index (κ2) is 9.38. The van der Waals surface area contributed by atoms with Gasteiger partial charge in [0.2, 0.25) is 0 Å². The number of aromatic carboxylic acids is 1. The summed E-state index contributed by atoms with van der Waals surface area (Å²) < 4.78 is 12.3. The van der Waals surface area contributed by atoms with E-state index in [1.807, 2.05) is 0 Å². The molecule has 0 bridgehead atoms. The first-order valence-corrected chi connectivity index (χ1v) is 10.1. The second-order valence-electron chi connectivity index (χ2n) is 7.40. The number of rotatable bonds is 7. The Labute approximate surface area is 183 Å². The number of carbonyl (C=O) groups excluding carboxylic acids is 2. The number of hydrogen-bond donors (Lipinski definition) is 2. The summed E-state index contributed by atoms with van der Waals surface area (Å²) in [6.45, 7) is 0.884. The van der Waals surface area contributed by atoms with Crippen molar-refractivity contribution in [3.05, 3.63) is 66.4 Å². The quantitative estimate of drug-likeness (QED) is 0.581. The Morgan fingerprint density at radius 3 is 2.88 bits per heavy atom. The van der Waals surface area contributed by atoms with E-state index in [9.17, 15) is 14.4 Å². The normalized spacial score (nSPS) is 15.9. The fourth-order valence-electron chi connectivity index (χ4n) is 3.55. The first-order valence-electron chi connectivity index (χ1n) is 10.1. The molecule has 10 heteroatoms. The van der Waals surface area contributed by atoms with Gasteiger partial charge in [0.1, 0.15) is 5.75 Å². The maximum atomic E-state index is 12.7. The van der Waals surface area contributed by atoms with Gasteiger partial charge in [-0.25, -0.2) is 4.79 Å². The van der Waals surface area contributed by atoms with Crippen LogP contribution in [-0.4, -0.2) is 57.3 Å².